The van der Waals surface area contributed by atoms with Crippen molar-refractivity contribution >= 4 is 5.97 Å². The minimum Gasteiger partial charge on any atom is -0.497 e. The number of carbonyl (C=O) groups is 1. The Bertz CT molecular complexity index is 1340. The van der Waals surface area contributed by atoms with E-state index in [-0.39, 0.29) is 12.0 Å². The van der Waals surface area contributed by atoms with Gasteiger partial charge in [-0.1, -0.05) is 66.7 Å². The average molecular weight is 569 g/mol. The Balaban J connectivity index is 1.25. The minimum absolute atomic E-state index is 0.122. The van der Waals surface area contributed by atoms with Crippen LogP contribution in [0, 0.1) is 0 Å². The van der Waals surface area contributed by atoms with Gasteiger partial charge >= 0.3 is 5.97 Å². The summed E-state index contributed by atoms with van der Waals surface area (Å²) < 4.78 is 22.1. The number of ether oxygens (including phenoxy) is 4. The van der Waals surface area contributed by atoms with Gasteiger partial charge in [0.2, 0.25) is 0 Å². The molecule has 0 unspecified atom stereocenters. The molecule has 4 aromatic rings. The maximum absolute atomic E-state index is 12.6. The lowest BCUT2D eigenvalue weighted by Crippen LogP contribution is -2.46. The van der Waals surface area contributed by atoms with E-state index in [2.05, 4.69) is 22.8 Å². The highest BCUT2D eigenvalue weighted by atomic mass is 16.5. The van der Waals surface area contributed by atoms with Crippen molar-refractivity contribution in [1.82, 2.24) is 10.6 Å². The highest BCUT2D eigenvalue weighted by molar-refractivity contribution is 5.76. The van der Waals surface area contributed by atoms with Crippen molar-refractivity contribution in [3.63, 3.8) is 0 Å². The first-order chi connectivity index (χ1) is 20.6. The molecule has 0 aliphatic carbocycles. The Hall–Kier alpha value is -4.33. The van der Waals surface area contributed by atoms with Crippen molar-refractivity contribution in [3.8, 4) is 17.2 Å². The van der Waals surface area contributed by atoms with Gasteiger partial charge in [-0.3, -0.25) is 4.79 Å². The molecule has 2 atom stereocenters. The van der Waals surface area contributed by atoms with Gasteiger partial charge in [0.1, 0.15) is 36.5 Å². The molecule has 2 N–H and O–H groups in total. The lowest BCUT2D eigenvalue weighted by Gasteiger charge is -2.22. The van der Waals surface area contributed by atoms with E-state index in [9.17, 15) is 4.79 Å². The number of methoxy groups -OCH3 is 2. The summed E-state index contributed by atoms with van der Waals surface area (Å²) in [5, 5.41) is 6.77. The van der Waals surface area contributed by atoms with Crippen LogP contribution in [0.5, 0.6) is 17.2 Å². The number of hydrogen-bond donors (Lipinski definition) is 2. The van der Waals surface area contributed by atoms with E-state index in [4.69, 9.17) is 18.9 Å². The topological polar surface area (TPSA) is 78.1 Å². The van der Waals surface area contributed by atoms with E-state index in [1.54, 1.807) is 7.11 Å². The van der Waals surface area contributed by atoms with Crippen LogP contribution in [0.3, 0.4) is 0 Å². The SMILES string of the molecule is CN[C@H](CN[C@@H](Cc1ccc(OCc2ccccc2)cc1)C(=O)OC)Cc1ccc(OCc2ccc(OC)cc2)cc1. The Labute approximate surface area is 248 Å². The van der Waals surface area contributed by atoms with Crippen molar-refractivity contribution in [1.29, 1.82) is 0 Å². The highest BCUT2D eigenvalue weighted by Gasteiger charge is 2.21. The number of rotatable bonds is 16. The monoisotopic (exact) mass is 568 g/mol. The van der Waals surface area contributed by atoms with E-state index in [1.165, 1.54) is 12.7 Å². The van der Waals surface area contributed by atoms with Gasteiger partial charge in [-0.25, -0.2) is 0 Å². The largest absolute Gasteiger partial charge is 0.497 e. The number of likely N-dealkylation sites (N-methyl/N-ethyl adjacent to an activating group) is 1. The van der Waals surface area contributed by atoms with Gasteiger partial charge in [-0.2, -0.15) is 0 Å². The van der Waals surface area contributed by atoms with Crippen molar-refractivity contribution in [2.45, 2.75) is 38.1 Å². The second-order valence-corrected chi connectivity index (χ2v) is 10.1. The molecule has 0 aromatic heterocycles. The van der Waals surface area contributed by atoms with Crippen LogP contribution in [0.15, 0.2) is 103 Å². The lowest BCUT2D eigenvalue weighted by molar-refractivity contribution is -0.143. The maximum Gasteiger partial charge on any atom is 0.323 e. The van der Waals surface area contributed by atoms with Gasteiger partial charge in [0.15, 0.2) is 0 Å². The van der Waals surface area contributed by atoms with Gasteiger partial charge in [0, 0.05) is 12.6 Å². The van der Waals surface area contributed by atoms with Crippen molar-refractivity contribution in [2.24, 2.45) is 0 Å². The van der Waals surface area contributed by atoms with E-state index in [0.717, 1.165) is 40.4 Å². The molecule has 0 aliphatic heterocycles. The molecule has 220 valence electrons. The van der Waals surface area contributed by atoms with E-state index >= 15 is 0 Å². The molecule has 0 aliphatic rings. The van der Waals surface area contributed by atoms with Crippen LogP contribution in [0.4, 0.5) is 0 Å². The molecule has 0 spiro atoms. The van der Waals surface area contributed by atoms with Gasteiger partial charge in [0.25, 0.3) is 0 Å². The number of esters is 1. The first-order valence-corrected chi connectivity index (χ1v) is 14.1. The first-order valence-electron chi connectivity index (χ1n) is 14.1. The molecule has 0 saturated carbocycles. The first kappa shape index (κ1) is 30.6. The van der Waals surface area contributed by atoms with Crippen LogP contribution in [-0.2, 0) is 35.6 Å². The van der Waals surface area contributed by atoms with Gasteiger partial charge < -0.3 is 29.6 Å². The maximum atomic E-state index is 12.6. The Kier molecular flexibility index (Phi) is 11.8. The molecule has 0 bridgehead atoms. The summed E-state index contributed by atoms with van der Waals surface area (Å²) in [7, 11) is 5.01. The van der Waals surface area contributed by atoms with E-state index in [0.29, 0.717) is 26.2 Å². The molecular weight excluding hydrogens is 528 g/mol. The minimum atomic E-state index is -0.462. The quantitative estimate of drug-likeness (QED) is 0.176. The van der Waals surface area contributed by atoms with Crippen LogP contribution in [0.25, 0.3) is 0 Å². The third-order valence-electron chi connectivity index (χ3n) is 7.09. The van der Waals surface area contributed by atoms with Crippen LogP contribution >= 0.6 is 0 Å². The molecule has 0 heterocycles. The molecule has 42 heavy (non-hydrogen) atoms. The zero-order valence-corrected chi connectivity index (χ0v) is 24.5. The predicted octanol–water partition coefficient (Wildman–Crippen LogP) is 5.36. The number of carbonyl (C=O) groups excluding carboxylic acids is 1. The zero-order chi connectivity index (χ0) is 29.6. The van der Waals surface area contributed by atoms with Crippen molar-refractivity contribution in [2.75, 3.05) is 27.8 Å². The molecule has 0 fully saturated rings. The molecule has 0 amide bonds. The second-order valence-electron chi connectivity index (χ2n) is 10.1. The predicted molar refractivity (Wildman–Crippen MR) is 165 cm³/mol. The summed E-state index contributed by atoms with van der Waals surface area (Å²) in [4.78, 5) is 12.6. The fourth-order valence-electron chi connectivity index (χ4n) is 4.53. The molecule has 4 rings (SSSR count). The smallest absolute Gasteiger partial charge is 0.323 e. The lowest BCUT2D eigenvalue weighted by atomic mass is 10.0. The van der Waals surface area contributed by atoms with Crippen LogP contribution < -0.4 is 24.8 Å². The standard InChI is InChI=1S/C35H40N2O5/c1-36-30(21-26-9-17-32(18-10-26)42-25-29-13-15-31(39-2)16-14-29)23-37-34(35(38)40-3)22-27-11-19-33(20-12-27)41-24-28-7-5-4-6-8-28/h4-20,30,34,36-37H,21-25H2,1-3H3/t30-,34-/m0/s1. The Morgan fingerprint density at radius 3 is 1.67 bits per heavy atom. The van der Waals surface area contributed by atoms with Crippen LogP contribution in [0.1, 0.15) is 22.3 Å². The summed E-state index contributed by atoms with van der Waals surface area (Å²) >= 11 is 0. The molecule has 0 radical (unpaired) electrons. The van der Waals surface area contributed by atoms with Gasteiger partial charge in [-0.15, -0.1) is 0 Å². The third-order valence-corrected chi connectivity index (χ3v) is 7.09. The zero-order valence-electron chi connectivity index (χ0n) is 24.5. The van der Waals surface area contributed by atoms with Gasteiger partial charge in [0.05, 0.1) is 14.2 Å². The Morgan fingerprint density at radius 2 is 1.14 bits per heavy atom. The summed E-state index contributed by atoms with van der Waals surface area (Å²) in [6.07, 6.45) is 1.31. The molecule has 0 saturated heterocycles. The molecule has 7 heteroatoms. The van der Waals surface area contributed by atoms with Gasteiger partial charge in [-0.05, 0) is 78.5 Å². The second kappa shape index (κ2) is 16.2. The fourth-order valence-corrected chi connectivity index (χ4v) is 4.53. The van der Waals surface area contributed by atoms with Crippen LogP contribution in [-0.4, -0.2) is 45.9 Å². The molecule has 7 nitrogen and oxygen atoms in total. The summed E-state index contributed by atoms with van der Waals surface area (Å²) in [6, 6.07) is 33.6. The van der Waals surface area contributed by atoms with E-state index in [1.807, 2.05) is 98.0 Å². The fraction of sp³-hybridized carbons (Fsp3) is 0.286. The number of benzene rings is 4. The van der Waals surface area contributed by atoms with Crippen molar-refractivity contribution < 1.29 is 23.7 Å². The van der Waals surface area contributed by atoms with E-state index < -0.39 is 6.04 Å². The average Bonchev–Trinajstić information content (AvgIpc) is 3.05. The summed E-state index contributed by atoms with van der Waals surface area (Å²) in [5.74, 6) is 2.15. The molecule has 4 aromatic carbocycles. The summed E-state index contributed by atoms with van der Waals surface area (Å²) in [5.41, 5.74) is 4.39. The third kappa shape index (κ3) is 9.65. The Morgan fingerprint density at radius 1 is 0.643 bits per heavy atom. The molecular formula is C35H40N2O5. The number of hydrogen-bond acceptors (Lipinski definition) is 7. The normalized spacial score (nSPS) is 12.3. The highest BCUT2D eigenvalue weighted by Crippen LogP contribution is 2.18. The van der Waals surface area contributed by atoms with Crippen molar-refractivity contribution in [3.05, 3.63) is 125 Å². The summed E-state index contributed by atoms with van der Waals surface area (Å²) in [6.45, 7) is 1.60. The van der Waals surface area contributed by atoms with Crippen LogP contribution in [0.2, 0.25) is 0 Å². The number of nitrogens with one attached hydrogen (secondary N) is 2.